The lowest BCUT2D eigenvalue weighted by atomic mass is 10.0. The van der Waals surface area contributed by atoms with Crippen molar-refractivity contribution in [2.24, 2.45) is 5.92 Å². The van der Waals surface area contributed by atoms with Gasteiger partial charge in [0.25, 0.3) is 0 Å². The number of para-hydroxylation sites is 1. The first-order valence-corrected chi connectivity index (χ1v) is 11.2. The van der Waals surface area contributed by atoms with Gasteiger partial charge in [0, 0.05) is 57.4 Å². The summed E-state index contributed by atoms with van der Waals surface area (Å²) >= 11 is 0. The molecule has 2 aromatic carbocycles. The molecular formula is C25H32N4O2. The minimum absolute atomic E-state index is 0.00947. The van der Waals surface area contributed by atoms with Crippen molar-refractivity contribution in [3.05, 3.63) is 66.2 Å². The van der Waals surface area contributed by atoms with Crippen molar-refractivity contribution in [1.29, 1.82) is 0 Å². The maximum Gasteiger partial charge on any atom is 0.227 e. The molecule has 6 heteroatoms. The topological polar surface area (TPSA) is 55.9 Å². The number of rotatable bonds is 7. The lowest BCUT2D eigenvalue weighted by Crippen LogP contribution is -2.47. The first-order valence-electron chi connectivity index (χ1n) is 11.2. The fourth-order valence-electron chi connectivity index (χ4n) is 4.59. The van der Waals surface area contributed by atoms with Crippen LogP contribution in [0.15, 0.2) is 60.7 Å². The summed E-state index contributed by atoms with van der Waals surface area (Å²) in [6.45, 7) is 5.18. The van der Waals surface area contributed by atoms with Crippen LogP contribution in [-0.2, 0) is 9.59 Å². The molecule has 2 aromatic rings. The quantitative estimate of drug-likeness (QED) is 0.700. The second-order valence-corrected chi connectivity index (χ2v) is 8.61. The van der Waals surface area contributed by atoms with E-state index < -0.39 is 0 Å². The summed E-state index contributed by atoms with van der Waals surface area (Å²) in [4.78, 5) is 31.6. The highest BCUT2D eigenvalue weighted by Gasteiger charge is 2.35. The van der Waals surface area contributed by atoms with Gasteiger partial charge in [0.1, 0.15) is 0 Å². The van der Waals surface area contributed by atoms with Crippen LogP contribution < -0.4 is 10.2 Å². The summed E-state index contributed by atoms with van der Waals surface area (Å²) < 4.78 is 0. The summed E-state index contributed by atoms with van der Waals surface area (Å²) in [5.41, 5.74) is 2.22. The number of hydrogen-bond acceptors (Lipinski definition) is 4. The van der Waals surface area contributed by atoms with Crippen LogP contribution >= 0.6 is 0 Å². The van der Waals surface area contributed by atoms with Crippen LogP contribution in [0.1, 0.15) is 24.4 Å². The molecule has 2 aliphatic rings. The number of carbonyl (C=O) groups is 2. The second kappa shape index (κ2) is 10.1. The van der Waals surface area contributed by atoms with E-state index in [0.717, 1.165) is 38.3 Å². The highest BCUT2D eigenvalue weighted by atomic mass is 16.2. The van der Waals surface area contributed by atoms with Crippen LogP contribution in [0.4, 0.5) is 5.69 Å². The summed E-state index contributed by atoms with van der Waals surface area (Å²) in [5, 5.41) is 3.07. The van der Waals surface area contributed by atoms with Gasteiger partial charge in [-0.2, -0.15) is 0 Å². The van der Waals surface area contributed by atoms with Crippen molar-refractivity contribution in [3.8, 4) is 0 Å². The number of anilines is 1. The Labute approximate surface area is 184 Å². The number of amides is 2. The third-order valence-corrected chi connectivity index (χ3v) is 6.36. The van der Waals surface area contributed by atoms with Crippen LogP contribution in [0.3, 0.4) is 0 Å². The fraction of sp³-hybridized carbons (Fsp3) is 0.440. The molecule has 164 valence electrons. The Kier molecular flexibility index (Phi) is 6.99. The number of likely N-dealkylation sites (N-methyl/N-ethyl adjacent to an activating group) is 1. The van der Waals surface area contributed by atoms with E-state index in [9.17, 15) is 9.59 Å². The minimum Gasteiger partial charge on any atom is -0.356 e. The summed E-state index contributed by atoms with van der Waals surface area (Å²) in [5.74, 6) is -0.257. The van der Waals surface area contributed by atoms with Crippen molar-refractivity contribution in [3.63, 3.8) is 0 Å². The zero-order chi connectivity index (χ0) is 21.6. The maximum atomic E-state index is 12.6. The molecule has 31 heavy (non-hydrogen) atoms. The molecule has 2 saturated heterocycles. The van der Waals surface area contributed by atoms with E-state index in [1.165, 1.54) is 5.56 Å². The first-order chi connectivity index (χ1) is 15.1. The van der Waals surface area contributed by atoms with Crippen molar-refractivity contribution in [1.82, 2.24) is 15.1 Å². The molecule has 4 rings (SSSR count). The van der Waals surface area contributed by atoms with Gasteiger partial charge in [0.2, 0.25) is 11.8 Å². The molecule has 0 spiro atoms. The van der Waals surface area contributed by atoms with Crippen LogP contribution in [0.2, 0.25) is 0 Å². The van der Waals surface area contributed by atoms with Gasteiger partial charge in [-0.3, -0.25) is 14.5 Å². The normalized spacial score (nSPS) is 22.6. The second-order valence-electron chi connectivity index (χ2n) is 8.61. The zero-order valence-corrected chi connectivity index (χ0v) is 18.2. The van der Waals surface area contributed by atoms with Gasteiger partial charge in [0.15, 0.2) is 0 Å². The lowest BCUT2D eigenvalue weighted by molar-refractivity contribution is -0.126. The van der Waals surface area contributed by atoms with Gasteiger partial charge in [-0.25, -0.2) is 0 Å². The van der Waals surface area contributed by atoms with Crippen molar-refractivity contribution < 1.29 is 9.59 Å². The predicted octanol–water partition coefficient (Wildman–Crippen LogP) is 2.53. The average molecular weight is 421 g/mol. The van der Waals surface area contributed by atoms with Crippen molar-refractivity contribution in [2.45, 2.75) is 18.9 Å². The largest absolute Gasteiger partial charge is 0.356 e. The Morgan fingerprint density at radius 3 is 2.45 bits per heavy atom. The number of piperazine rings is 1. The maximum absolute atomic E-state index is 12.6. The van der Waals surface area contributed by atoms with Crippen molar-refractivity contribution >= 4 is 17.5 Å². The molecule has 0 aliphatic carbocycles. The van der Waals surface area contributed by atoms with Crippen molar-refractivity contribution in [2.75, 3.05) is 51.2 Å². The molecule has 6 nitrogen and oxygen atoms in total. The lowest BCUT2D eigenvalue weighted by Gasteiger charge is -2.40. The Bertz CT molecular complexity index is 874. The third-order valence-electron chi connectivity index (χ3n) is 6.36. The molecule has 0 bridgehead atoms. The smallest absolute Gasteiger partial charge is 0.227 e. The zero-order valence-electron chi connectivity index (χ0n) is 18.2. The number of carbonyl (C=O) groups excluding carboxylic acids is 2. The number of nitrogens with zero attached hydrogens (tertiary/aromatic N) is 3. The van der Waals surface area contributed by atoms with Gasteiger partial charge in [-0.05, 0) is 31.2 Å². The highest BCUT2D eigenvalue weighted by Crippen LogP contribution is 2.26. The van der Waals surface area contributed by atoms with Crippen LogP contribution in [0, 0.1) is 5.92 Å². The molecule has 2 amide bonds. The summed E-state index contributed by atoms with van der Waals surface area (Å²) in [6, 6.07) is 20.6. The van der Waals surface area contributed by atoms with Gasteiger partial charge in [-0.15, -0.1) is 0 Å². The van der Waals surface area contributed by atoms with Crippen LogP contribution in [0.25, 0.3) is 0 Å². The standard InChI is InChI=1S/C25H32N4O2/c1-27-15-16-28(23(19-27)20-9-4-2-5-10-20)14-8-13-26-25(31)21-17-24(30)29(18-21)22-11-6-3-7-12-22/h2-7,9-12,21,23H,8,13-19H2,1H3,(H,26,31)/t21-,23+/m0/s1. The van der Waals surface area contributed by atoms with Gasteiger partial charge in [0.05, 0.1) is 5.92 Å². The third kappa shape index (κ3) is 5.32. The molecular weight excluding hydrogens is 388 g/mol. The fourth-order valence-corrected chi connectivity index (χ4v) is 4.59. The molecule has 1 N–H and O–H groups in total. The van der Waals surface area contributed by atoms with Crippen LogP contribution in [-0.4, -0.2) is 67.9 Å². The Hall–Kier alpha value is -2.70. The van der Waals surface area contributed by atoms with E-state index in [4.69, 9.17) is 0 Å². The minimum atomic E-state index is -0.270. The van der Waals surface area contributed by atoms with E-state index in [1.54, 1.807) is 4.90 Å². The van der Waals surface area contributed by atoms with E-state index >= 15 is 0 Å². The van der Waals surface area contributed by atoms with E-state index in [1.807, 2.05) is 30.3 Å². The molecule has 2 aliphatic heterocycles. The Balaban J connectivity index is 1.25. The van der Waals surface area contributed by atoms with Gasteiger partial charge in [-0.1, -0.05) is 48.5 Å². The summed E-state index contributed by atoms with van der Waals surface area (Å²) in [6.07, 6.45) is 1.19. The SMILES string of the molecule is CN1CCN(CCCNC(=O)[C@H]2CC(=O)N(c3ccccc3)C2)[C@@H](c2ccccc2)C1. The molecule has 2 heterocycles. The Morgan fingerprint density at radius 1 is 1.00 bits per heavy atom. The van der Waals surface area contributed by atoms with Gasteiger partial charge < -0.3 is 15.1 Å². The van der Waals surface area contributed by atoms with Crippen LogP contribution in [0.5, 0.6) is 0 Å². The van der Waals surface area contributed by atoms with Gasteiger partial charge >= 0.3 is 0 Å². The first kappa shape index (κ1) is 21.5. The molecule has 2 atom stereocenters. The molecule has 2 fully saturated rings. The predicted molar refractivity (Wildman–Crippen MR) is 123 cm³/mol. The van der Waals surface area contributed by atoms with E-state index in [-0.39, 0.29) is 24.2 Å². The Morgan fingerprint density at radius 2 is 1.71 bits per heavy atom. The number of nitrogens with one attached hydrogen (secondary N) is 1. The number of hydrogen-bond donors (Lipinski definition) is 1. The average Bonchev–Trinajstić information content (AvgIpc) is 3.20. The molecule has 0 radical (unpaired) electrons. The molecule has 0 unspecified atom stereocenters. The monoisotopic (exact) mass is 420 g/mol. The van der Waals surface area contributed by atoms with E-state index in [0.29, 0.717) is 19.1 Å². The van der Waals surface area contributed by atoms with E-state index in [2.05, 4.69) is 52.5 Å². The molecule has 0 saturated carbocycles. The molecule has 0 aromatic heterocycles. The highest BCUT2D eigenvalue weighted by molar-refractivity contribution is 6.00. The number of benzene rings is 2. The summed E-state index contributed by atoms with van der Waals surface area (Å²) in [7, 11) is 2.18.